The number of hydrogen-bond acceptors (Lipinski definition) is 8. The summed E-state index contributed by atoms with van der Waals surface area (Å²) in [5, 5.41) is 39.0. The third-order valence-corrected chi connectivity index (χ3v) is 5.61. The van der Waals surface area contributed by atoms with Crippen LogP contribution < -0.4 is 11.5 Å². The fourth-order valence-corrected chi connectivity index (χ4v) is 4.28. The van der Waals surface area contributed by atoms with Crippen molar-refractivity contribution in [1.82, 2.24) is 0 Å². The molecular formula is C12H24N2O5S. The molecule has 118 valence electrons. The molecule has 1 saturated heterocycles. The van der Waals surface area contributed by atoms with Crippen molar-refractivity contribution in [2.45, 2.75) is 66.4 Å². The van der Waals surface area contributed by atoms with Crippen molar-refractivity contribution in [2.24, 2.45) is 11.5 Å². The van der Waals surface area contributed by atoms with E-state index < -0.39 is 35.9 Å². The summed E-state index contributed by atoms with van der Waals surface area (Å²) in [5.74, 6) is 0. The van der Waals surface area contributed by atoms with E-state index in [9.17, 15) is 20.4 Å². The Hall–Kier alpha value is 0.0700. The number of rotatable bonds is 3. The van der Waals surface area contributed by atoms with Gasteiger partial charge in [-0.2, -0.15) is 0 Å². The Labute approximate surface area is 122 Å². The fraction of sp³-hybridized carbons (Fsp3) is 1.00. The van der Waals surface area contributed by atoms with Gasteiger partial charge >= 0.3 is 0 Å². The van der Waals surface area contributed by atoms with Crippen LogP contribution in [0.2, 0.25) is 0 Å². The van der Waals surface area contributed by atoms with Gasteiger partial charge in [-0.05, 0) is 12.8 Å². The number of aliphatic hydroxyl groups is 4. The fourth-order valence-electron chi connectivity index (χ4n) is 2.72. The standard InChI is InChI=1S/C12H24N2O5S/c13-5-2-1-3-7(9(5)16)20-12-11(18)8(14)10(17)6(4-15)19-12/h5-12,15-18H,1-4,13-14H2/t5?,6?,7-,8?,9?,10+,11+,12+/m1/s1. The Morgan fingerprint density at radius 2 is 1.75 bits per heavy atom. The lowest BCUT2D eigenvalue weighted by atomic mass is 9.93. The zero-order chi connectivity index (χ0) is 14.9. The summed E-state index contributed by atoms with van der Waals surface area (Å²) in [7, 11) is 0. The zero-order valence-electron chi connectivity index (χ0n) is 11.2. The highest BCUT2D eigenvalue weighted by Crippen LogP contribution is 2.36. The largest absolute Gasteiger partial charge is 0.394 e. The van der Waals surface area contributed by atoms with E-state index in [1.54, 1.807) is 0 Å². The molecule has 7 nitrogen and oxygen atoms in total. The van der Waals surface area contributed by atoms with Gasteiger partial charge in [0.15, 0.2) is 0 Å². The van der Waals surface area contributed by atoms with Gasteiger partial charge in [-0.25, -0.2) is 0 Å². The van der Waals surface area contributed by atoms with Gasteiger partial charge in [0.2, 0.25) is 0 Å². The minimum Gasteiger partial charge on any atom is -0.394 e. The van der Waals surface area contributed by atoms with Crippen LogP contribution in [0.3, 0.4) is 0 Å². The minimum absolute atomic E-state index is 0.139. The van der Waals surface area contributed by atoms with Crippen LogP contribution in [0.15, 0.2) is 0 Å². The van der Waals surface area contributed by atoms with E-state index in [0.717, 1.165) is 19.3 Å². The summed E-state index contributed by atoms with van der Waals surface area (Å²) in [6, 6.07) is -1.15. The third kappa shape index (κ3) is 3.28. The summed E-state index contributed by atoms with van der Waals surface area (Å²) in [6.45, 7) is -0.370. The van der Waals surface area contributed by atoms with Gasteiger partial charge in [-0.15, -0.1) is 11.8 Å². The summed E-state index contributed by atoms with van der Waals surface area (Å²) < 4.78 is 5.50. The van der Waals surface area contributed by atoms with E-state index >= 15 is 0 Å². The molecule has 4 unspecified atom stereocenters. The van der Waals surface area contributed by atoms with Gasteiger partial charge in [-0.3, -0.25) is 0 Å². The topological polar surface area (TPSA) is 142 Å². The van der Waals surface area contributed by atoms with Gasteiger partial charge in [0.1, 0.15) is 23.7 Å². The zero-order valence-corrected chi connectivity index (χ0v) is 12.0. The van der Waals surface area contributed by atoms with Crippen LogP contribution in [0.1, 0.15) is 19.3 Å². The van der Waals surface area contributed by atoms with Crippen LogP contribution in [0.25, 0.3) is 0 Å². The Balaban J connectivity index is 2.00. The number of ether oxygens (including phenoxy) is 1. The smallest absolute Gasteiger partial charge is 0.131 e. The van der Waals surface area contributed by atoms with E-state index in [0.29, 0.717) is 0 Å². The third-order valence-electron chi connectivity index (χ3n) is 4.09. The van der Waals surface area contributed by atoms with E-state index in [-0.39, 0.29) is 17.9 Å². The Kier molecular flexibility index (Phi) is 5.66. The highest BCUT2D eigenvalue weighted by atomic mass is 32.2. The van der Waals surface area contributed by atoms with Crippen LogP contribution in [0, 0.1) is 0 Å². The van der Waals surface area contributed by atoms with E-state index in [1.807, 2.05) is 0 Å². The molecule has 0 radical (unpaired) electrons. The van der Waals surface area contributed by atoms with Gasteiger partial charge in [0.25, 0.3) is 0 Å². The Bertz CT molecular complexity index is 322. The van der Waals surface area contributed by atoms with E-state index in [2.05, 4.69) is 0 Å². The lowest BCUT2D eigenvalue weighted by Gasteiger charge is -2.43. The molecule has 0 bridgehead atoms. The molecule has 2 aliphatic rings. The molecule has 0 spiro atoms. The number of hydrogen-bond donors (Lipinski definition) is 6. The number of nitrogens with two attached hydrogens (primary N) is 2. The molecule has 20 heavy (non-hydrogen) atoms. The van der Waals surface area contributed by atoms with Gasteiger partial charge in [0, 0.05) is 11.3 Å². The number of aliphatic hydroxyl groups excluding tert-OH is 4. The predicted molar refractivity (Wildman–Crippen MR) is 74.9 cm³/mol. The normalized spacial score (nSPS) is 50.1. The predicted octanol–water partition coefficient (Wildman–Crippen LogP) is -2.27. The Morgan fingerprint density at radius 3 is 2.40 bits per heavy atom. The second-order valence-electron chi connectivity index (χ2n) is 5.54. The first-order valence-corrected chi connectivity index (χ1v) is 7.87. The molecule has 2 rings (SSSR count). The first kappa shape index (κ1) is 16.4. The van der Waals surface area contributed by atoms with Crippen LogP contribution in [0.4, 0.5) is 0 Å². The van der Waals surface area contributed by atoms with Crippen LogP contribution >= 0.6 is 11.8 Å². The van der Waals surface area contributed by atoms with Crippen LogP contribution in [-0.4, -0.2) is 74.2 Å². The molecule has 0 aromatic carbocycles. The molecule has 1 saturated carbocycles. The molecule has 2 fully saturated rings. The monoisotopic (exact) mass is 308 g/mol. The maximum atomic E-state index is 10.1. The summed E-state index contributed by atoms with van der Waals surface area (Å²) >= 11 is 1.28. The molecule has 0 amide bonds. The molecule has 8 heteroatoms. The van der Waals surface area contributed by atoms with E-state index in [1.165, 1.54) is 11.8 Å². The highest BCUT2D eigenvalue weighted by Gasteiger charge is 2.44. The van der Waals surface area contributed by atoms with Gasteiger partial charge < -0.3 is 36.6 Å². The van der Waals surface area contributed by atoms with Crippen molar-refractivity contribution in [3.8, 4) is 0 Å². The lowest BCUT2D eigenvalue weighted by molar-refractivity contribution is -0.160. The summed E-state index contributed by atoms with van der Waals surface area (Å²) in [5.41, 5.74) is 10.9. The number of thioether (sulfide) groups is 1. The van der Waals surface area contributed by atoms with Crippen molar-refractivity contribution >= 4 is 11.8 Å². The van der Waals surface area contributed by atoms with Gasteiger partial charge in [0.05, 0.1) is 18.8 Å². The van der Waals surface area contributed by atoms with E-state index in [4.69, 9.17) is 16.2 Å². The molecule has 1 aliphatic carbocycles. The highest BCUT2D eigenvalue weighted by molar-refractivity contribution is 8.00. The van der Waals surface area contributed by atoms with Crippen molar-refractivity contribution < 1.29 is 25.2 Å². The van der Waals surface area contributed by atoms with Crippen LogP contribution in [0.5, 0.6) is 0 Å². The first-order chi connectivity index (χ1) is 9.45. The molecule has 8 atom stereocenters. The van der Waals surface area contributed by atoms with Crippen molar-refractivity contribution in [3.05, 3.63) is 0 Å². The molecule has 1 aliphatic heterocycles. The second kappa shape index (κ2) is 6.89. The average molecular weight is 308 g/mol. The van der Waals surface area contributed by atoms with Crippen LogP contribution in [-0.2, 0) is 4.74 Å². The Morgan fingerprint density at radius 1 is 1.05 bits per heavy atom. The van der Waals surface area contributed by atoms with Gasteiger partial charge in [-0.1, -0.05) is 6.42 Å². The molecular weight excluding hydrogens is 284 g/mol. The van der Waals surface area contributed by atoms with Crippen molar-refractivity contribution in [3.63, 3.8) is 0 Å². The second-order valence-corrected chi connectivity index (χ2v) is 6.89. The molecule has 8 N–H and O–H groups in total. The molecule has 0 aromatic rings. The lowest BCUT2D eigenvalue weighted by Crippen LogP contribution is -2.62. The minimum atomic E-state index is -1.11. The summed E-state index contributed by atoms with van der Waals surface area (Å²) in [4.78, 5) is 0. The summed E-state index contributed by atoms with van der Waals surface area (Å²) in [6.07, 6.45) is -1.15. The molecule has 1 heterocycles. The van der Waals surface area contributed by atoms with Crippen molar-refractivity contribution in [2.75, 3.05) is 6.61 Å². The average Bonchev–Trinajstić information content (AvgIpc) is 2.44. The molecule has 0 aromatic heterocycles. The maximum Gasteiger partial charge on any atom is 0.131 e. The van der Waals surface area contributed by atoms with Crippen molar-refractivity contribution in [1.29, 1.82) is 0 Å². The first-order valence-electron chi connectivity index (χ1n) is 6.93. The quantitative estimate of drug-likeness (QED) is 0.342. The SMILES string of the molecule is NC1CCC[C@@H](S[C@@H]2OC(CO)[C@H](O)C(N)[C@@H]2O)C1O. The maximum absolute atomic E-state index is 10.1.